The van der Waals surface area contributed by atoms with Crippen LogP contribution in [0.25, 0.3) is 0 Å². The predicted molar refractivity (Wildman–Crippen MR) is 107 cm³/mol. The van der Waals surface area contributed by atoms with Gasteiger partial charge in [-0.1, -0.05) is 35.9 Å². The molecular weight excluding hydrogens is 356 g/mol. The van der Waals surface area contributed by atoms with Gasteiger partial charge in [0, 0.05) is 5.56 Å². The van der Waals surface area contributed by atoms with Gasteiger partial charge in [0.05, 0.1) is 6.04 Å². The minimum Gasteiger partial charge on any atom is -0.454 e. The molecule has 0 aliphatic rings. The molecule has 2 aromatic carbocycles. The van der Waals surface area contributed by atoms with E-state index in [1.54, 1.807) is 18.2 Å². The molecule has 0 saturated heterocycles. The summed E-state index contributed by atoms with van der Waals surface area (Å²) in [4.78, 5) is 35.8. The second-order valence-corrected chi connectivity index (χ2v) is 6.85. The quantitative estimate of drug-likeness (QED) is 0.721. The number of carbonyl (C=O) groups excluding carboxylic acids is 3. The lowest BCUT2D eigenvalue weighted by Crippen LogP contribution is -2.34. The van der Waals surface area contributed by atoms with Crippen LogP contribution < -0.4 is 10.6 Å². The molecule has 0 heterocycles. The van der Waals surface area contributed by atoms with Crippen LogP contribution in [0.1, 0.15) is 45.6 Å². The number of carbonyl (C=O) groups is 3. The van der Waals surface area contributed by atoms with Crippen LogP contribution in [-0.2, 0) is 14.3 Å². The molecule has 2 amide bonds. The van der Waals surface area contributed by atoms with Crippen LogP contribution in [0, 0.1) is 20.8 Å². The first-order valence-electron chi connectivity index (χ1n) is 9.13. The summed E-state index contributed by atoms with van der Waals surface area (Å²) in [5.74, 6) is -1.44. The zero-order valence-corrected chi connectivity index (χ0v) is 16.7. The number of hydrogen-bond donors (Lipinski definition) is 2. The summed E-state index contributed by atoms with van der Waals surface area (Å²) in [6.07, 6.45) is 0. The number of rotatable bonds is 7. The van der Waals surface area contributed by atoms with Gasteiger partial charge in [-0.3, -0.25) is 14.4 Å². The Morgan fingerprint density at radius 2 is 1.75 bits per heavy atom. The van der Waals surface area contributed by atoms with E-state index in [0.29, 0.717) is 5.56 Å². The van der Waals surface area contributed by atoms with E-state index in [9.17, 15) is 14.4 Å². The largest absolute Gasteiger partial charge is 0.454 e. The Balaban J connectivity index is 1.75. The third kappa shape index (κ3) is 6.23. The smallest absolute Gasteiger partial charge is 0.325 e. The number of aryl methyl sites for hydroxylation is 3. The number of amides is 2. The van der Waals surface area contributed by atoms with Crippen LogP contribution in [0.4, 0.5) is 0 Å². The van der Waals surface area contributed by atoms with Gasteiger partial charge >= 0.3 is 5.97 Å². The van der Waals surface area contributed by atoms with Gasteiger partial charge in [0.2, 0.25) is 0 Å². The van der Waals surface area contributed by atoms with Crippen molar-refractivity contribution in [2.75, 3.05) is 13.2 Å². The van der Waals surface area contributed by atoms with Crippen molar-refractivity contribution in [2.24, 2.45) is 0 Å². The van der Waals surface area contributed by atoms with E-state index in [-0.39, 0.29) is 18.5 Å². The molecule has 0 unspecified atom stereocenters. The minimum absolute atomic E-state index is 0.202. The fourth-order valence-electron chi connectivity index (χ4n) is 2.64. The van der Waals surface area contributed by atoms with Gasteiger partial charge in [-0.05, 0) is 56.5 Å². The summed E-state index contributed by atoms with van der Waals surface area (Å²) >= 11 is 0. The molecule has 28 heavy (non-hydrogen) atoms. The van der Waals surface area contributed by atoms with E-state index >= 15 is 0 Å². The Morgan fingerprint density at radius 1 is 1.00 bits per heavy atom. The molecule has 6 nitrogen and oxygen atoms in total. The van der Waals surface area contributed by atoms with Crippen LogP contribution >= 0.6 is 0 Å². The summed E-state index contributed by atoms with van der Waals surface area (Å²) in [5, 5.41) is 5.27. The zero-order chi connectivity index (χ0) is 20.7. The molecule has 0 fully saturated rings. The number of ether oxygens (including phenoxy) is 1. The molecule has 2 N–H and O–H groups in total. The van der Waals surface area contributed by atoms with Gasteiger partial charge in [0.1, 0.15) is 6.54 Å². The molecule has 0 aliphatic carbocycles. The molecular formula is C22H26N2O4. The van der Waals surface area contributed by atoms with Crippen LogP contribution in [0.5, 0.6) is 0 Å². The number of esters is 1. The SMILES string of the molecule is Cc1cccc(C(=O)NCC(=O)OCC(=O)N[C@H](C)c2ccc(C)c(C)c2)c1. The maximum absolute atomic E-state index is 12.0. The van der Waals surface area contributed by atoms with Gasteiger partial charge in [0.15, 0.2) is 6.61 Å². The van der Waals surface area contributed by atoms with Crippen molar-refractivity contribution in [3.63, 3.8) is 0 Å². The first-order chi connectivity index (χ1) is 13.3. The van der Waals surface area contributed by atoms with E-state index in [0.717, 1.165) is 16.7 Å². The van der Waals surface area contributed by atoms with Crippen molar-refractivity contribution >= 4 is 17.8 Å². The lowest BCUT2D eigenvalue weighted by atomic mass is 10.0. The van der Waals surface area contributed by atoms with Crippen LogP contribution in [0.2, 0.25) is 0 Å². The van der Waals surface area contributed by atoms with Crippen molar-refractivity contribution in [2.45, 2.75) is 33.7 Å². The van der Waals surface area contributed by atoms with Crippen molar-refractivity contribution < 1.29 is 19.1 Å². The molecule has 0 radical (unpaired) electrons. The molecule has 0 bridgehead atoms. The molecule has 148 valence electrons. The van der Waals surface area contributed by atoms with E-state index in [1.807, 2.05) is 52.0 Å². The number of hydrogen-bond acceptors (Lipinski definition) is 4. The fraction of sp³-hybridized carbons (Fsp3) is 0.318. The third-order valence-electron chi connectivity index (χ3n) is 4.45. The predicted octanol–water partition coefficient (Wildman–Crippen LogP) is 2.76. The van der Waals surface area contributed by atoms with E-state index in [1.165, 1.54) is 5.56 Å². The lowest BCUT2D eigenvalue weighted by Gasteiger charge is -2.16. The highest BCUT2D eigenvalue weighted by Crippen LogP contribution is 2.16. The van der Waals surface area contributed by atoms with Crippen LogP contribution in [-0.4, -0.2) is 30.9 Å². The average Bonchev–Trinajstić information content (AvgIpc) is 2.66. The van der Waals surface area contributed by atoms with Crippen molar-refractivity contribution in [1.29, 1.82) is 0 Å². The van der Waals surface area contributed by atoms with Crippen molar-refractivity contribution in [1.82, 2.24) is 10.6 Å². The van der Waals surface area contributed by atoms with E-state index < -0.39 is 18.5 Å². The molecule has 0 saturated carbocycles. The molecule has 1 atom stereocenters. The van der Waals surface area contributed by atoms with Crippen LogP contribution in [0.15, 0.2) is 42.5 Å². The van der Waals surface area contributed by atoms with Crippen molar-refractivity contribution in [3.8, 4) is 0 Å². The fourth-order valence-corrected chi connectivity index (χ4v) is 2.64. The standard InChI is InChI=1S/C22H26N2O4/c1-14-6-5-7-19(10-14)22(27)23-12-21(26)28-13-20(25)24-17(4)18-9-8-15(2)16(3)11-18/h5-11,17H,12-13H2,1-4H3,(H,23,27)(H,24,25)/t17-/m1/s1. The van der Waals surface area contributed by atoms with Gasteiger partial charge in [-0.2, -0.15) is 0 Å². The Morgan fingerprint density at radius 3 is 2.43 bits per heavy atom. The molecule has 0 aromatic heterocycles. The highest BCUT2D eigenvalue weighted by Gasteiger charge is 2.13. The Bertz CT molecular complexity index is 877. The Hall–Kier alpha value is -3.15. The van der Waals surface area contributed by atoms with Crippen LogP contribution in [0.3, 0.4) is 0 Å². The minimum atomic E-state index is -0.671. The maximum atomic E-state index is 12.0. The summed E-state index contributed by atoms with van der Waals surface area (Å²) in [7, 11) is 0. The average molecular weight is 382 g/mol. The first-order valence-corrected chi connectivity index (χ1v) is 9.13. The zero-order valence-electron chi connectivity index (χ0n) is 16.7. The Kier molecular flexibility index (Phi) is 7.32. The van der Waals surface area contributed by atoms with Gasteiger partial charge < -0.3 is 15.4 Å². The second kappa shape index (κ2) is 9.69. The van der Waals surface area contributed by atoms with Gasteiger partial charge in [-0.25, -0.2) is 0 Å². The Labute approximate surface area is 165 Å². The highest BCUT2D eigenvalue weighted by atomic mass is 16.5. The lowest BCUT2D eigenvalue weighted by molar-refractivity contribution is -0.147. The van der Waals surface area contributed by atoms with E-state index in [4.69, 9.17) is 4.74 Å². The summed E-state index contributed by atoms with van der Waals surface area (Å²) in [6, 6.07) is 12.8. The van der Waals surface area contributed by atoms with Gasteiger partial charge in [-0.15, -0.1) is 0 Å². The second-order valence-electron chi connectivity index (χ2n) is 6.85. The topological polar surface area (TPSA) is 84.5 Å². The summed E-state index contributed by atoms with van der Waals surface area (Å²) in [6.45, 7) is 7.09. The number of nitrogens with one attached hydrogen (secondary N) is 2. The highest BCUT2D eigenvalue weighted by molar-refractivity contribution is 5.96. The van der Waals surface area contributed by atoms with E-state index in [2.05, 4.69) is 10.6 Å². The third-order valence-corrected chi connectivity index (χ3v) is 4.45. The molecule has 0 spiro atoms. The summed E-state index contributed by atoms with van der Waals surface area (Å²) < 4.78 is 4.93. The maximum Gasteiger partial charge on any atom is 0.325 e. The summed E-state index contributed by atoms with van der Waals surface area (Å²) in [5.41, 5.74) is 4.73. The molecule has 2 rings (SSSR count). The van der Waals surface area contributed by atoms with Gasteiger partial charge in [0.25, 0.3) is 11.8 Å². The normalized spacial score (nSPS) is 11.4. The first kappa shape index (κ1) is 21.2. The monoisotopic (exact) mass is 382 g/mol. The van der Waals surface area contributed by atoms with Crippen molar-refractivity contribution in [3.05, 3.63) is 70.3 Å². The molecule has 2 aromatic rings. The molecule has 6 heteroatoms. The number of benzene rings is 2. The molecule has 0 aliphatic heterocycles.